The molecule has 0 aromatic heterocycles. The first kappa shape index (κ1) is 18.1. The molecule has 0 saturated carbocycles. The molecule has 0 aliphatic rings. The minimum absolute atomic E-state index is 0.0154. The number of aliphatic hydroxyl groups is 1. The van der Waals surface area contributed by atoms with Crippen LogP contribution >= 0.6 is 0 Å². The van der Waals surface area contributed by atoms with E-state index < -0.39 is 6.10 Å². The molecule has 120 valence electrons. The van der Waals surface area contributed by atoms with Gasteiger partial charge in [0.2, 0.25) is 0 Å². The molecule has 1 aromatic rings. The van der Waals surface area contributed by atoms with Crippen molar-refractivity contribution < 1.29 is 9.84 Å². The van der Waals surface area contributed by atoms with Crippen LogP contribution in [0.4, 0.5) is 0 Å². The Bertz CT molecular complexity index is 382. The van der Waals surface area contributed by atoms with Gasteiger partial charge in [-0.25, -0.2) is 0 Å². The summed E-state index contributed by atoms with van der Waals surface area (Å²) < 4.78 is 5.72. The highest BCUT2D eigenvalue weighted by Crippen LogP contribution is 2.27. The minimum Gasteiger partial charge on any atom is -0.389 e. The van der Waals surface area contributed by atoms with Crippen LogP contribution in [0, 0.1) is 5.41 Å². The number of rotatable bonds is 8. The zero-order valence-corrected chi connectivity index (χ0v) is 14.2. The summed E-state index contributed by atoms with van der Waals surface area (Å²) in [6.07, 6.45) is -0.478. The lowest BCUT2D eigenvalue weighted by Crippen LogP contribution is -2.52. The van der Waals surface area contributed by atoms with Crippen molar-refractivity contribution in [2.45, 2.75) is 53.4 Å². The van der Waals surface area contributed by atoms with E-state index in [2.05, 4.69) is 39.5 Å². The lowest BCUT2D eigenvalue weighted by atomic mass is 9.82. The van der Waals surface area contributed by atoms with E-state index in [9.17, 15) is 5.11 Å². The standard InChI is InChI=1S/C18H31NO2/c1-6-19(7-2)17(18(3,4)5)16(20)14-21-13-15-11-9-8-10-12-15/h8-12,16-17,20H,6-7,13-14H2,1-5H3/t16-,17-/m1/s1. The molecule has 2 atom stereocenters. The Balaban J connectivity index is 2.58. The van der Waals surface area contributed by atoms with E-state index in [-0.39, 0.29) is 11.5 Å². The summed E-state index contributed by atoms with van der Waals surface area (Å²) in [5, 5.41) is 10.6. The van der Waals surface area contributed by atoms with Gasteiger partial charge in [-0.05, 0) is 24.1 Å². The van der Waals surface area contributed by atoms with Crippen LogP contribution in [0.15, 0.2) is 30.3 Å². The molecule has 0 fully saturated rings. The van der Waals surface area contributed by atoms with Crippen LogP contribution in [-0.2, 0) is 11.3 Å². The number of hydrogen-bond donors (Lipinski definition) is 1. The van der Waals surface area contributed by atoms with Gasteiger partial charge in [0.25, 0.3) is 0 Å². The van der Waals surface area contributed by atoms with E-state index in [1.807, 2.05) is 30.3 Å². The first-order chi connectivity index (χ1) is 9.90. The predicted molar refractivity (Wildman–Crippen MR) is 88.3 cm³/mol. The maximum absolute atomic E-state index is 10.6. The van der Waals surface area contributed by atoms with Crippen molar-refractivity contribution in [2.24, 2.45) is 5.41 Å². The second-order valence-corrected chi connectivity index (χ2v) is 6.60. The minimum atomic E-state index is -0.478. The van der Waals surface area contributed by atoms with Gasteiger partial charge in [-0.2, -0.15) is 0 Å². The Morgan fingerprint density at radius 2 is 1.67 bits per heavy atom. The van der Waals surface area contributed by atoms with Crippen molar-refractivity contribution in [3.8, 4) is 0 Å². The molecule has 0 saturated heterocycles. The van der Waals surface area contributed by atoms with Gasteiger partial charge in [-0.15, -0.1) is 0 Å². The fourth-order valence-electron chi connectivity index (χ4n) is 2.95. The summed E-state index contributed by atoms with van der Waals surface area (Å²) in [6.45, 7) is 13.6. The molecule has 3 heteroatoms. The van der Waals surface area contributed by atoms with E-state index in [0.717, 1.165) is 18.7 Å². The van der Waals surface area contributed by atoms with Gasteiger partial charge >= 0.3 is 0 Å². The maximum Gasteiger partial charge on any atom is 0.0933 e. The van der Waals surface area contributed by atoms with Crippen LogP contribution in [0.3, 0.4) is 0 Å². The second-order valence-electron chi connectivity index (χ2n) is 6.60. The Morgan fingerprint density at radius 3 is 2.14 bits per heavy atom. The molecule has 1 rings (SSSR count). The molecule has 1 aromatic carbocycles. The van der Waals surface area contributed by atoms with Crippen LogP contribution in [-0.4, -0.2) is 41.8 Å². The lowest BCUT2D eigenvalue weighted by molar-refractivity contribution is -0.0548. The predicted octanol–water partition coefficient (Wildman–Crippen LogP) is 3.32. The third kappa shape index (κ3) is 5.77. The average Bonchev–Trinajstić information content (AvgIpc) is 2.44. The third-order valence-electron chi connectivity index (χ3n) is 3.86. The van der Waals surface area contributed by atoms with E-state index in [1.165, 1.54) is 0 Å². The smallest absolute Gasteiger partial charge is 0.0933 e. The highest BCUT2D eigenvalue weighted by molar-refractivity contribution is 5.13. The van der Waals surface area contributed by atoms with Crippen LogP contribution in [0.25, 0.3) is 0 Å². The Hall–Kier alpha value is -0.900. The molecule has 0 amide bonds. The fourth-order valence-corrected chi connectivity index (χ4v) is 2.95. The monoisotopic (exact) mass is 293 g/mol. The first-order valence-electron chi connectivity index (χ1n) is 7.93. The molecule has 0 spiro atoms. The first-order valence-corrected chi connectivity index (χ1v) is 7.93. The lowest BCUT2D eigenvalue weighted by Gasteiger charge is -2.42. The second kappa shape index (κ2) is 8.52. The number of aliphatic hydroxyl groups excluding tert-OH is 1. The van der Waals surface area contributed by atoms with Crippen molar-refractivity contribution >= 4 is 0 Å². The van der Waals surface area contributed by atoms with Crippen LogP contribution in [0.1, 0.15) is 40.2 Å². The van der Waals surface area contributed by atoms with Crippen LogP contribution in [0.5, 0.6) is 0 Å². The molecule has 0 aliphatic carbocycles. The van der Waals surface area contributed by atoms with Gasteiger partial charge in [0.05, 0.1) is 19.3 Å². The third-order valence-corrected chi connectivity index (χ3v) is 3.86. The molecular weight excluding hydrogens is 262 g/mol. The SMILES string of the molecule is CCN(CC)[C@H]([C@H](O)COCc1ccccc1)C(C)(C)C. The Labute approximate surface area is 129 Å². The van der Waals surface area contributed by atoms with Crippen molar-refractivity contribution in [3.05, 3.63) is 35.9 Å². The molecule has 0 radical (unpaired) electrons. The highest BCUT2D eigenvalue weighted by Gasteiger charge is 2.34. The molecular formula is C18H31NO2. The van der Waals surface area contributed by atoms with Crippen molar-refractivity contribution in [1.82, 2.24) is 4.90 Å². The molecule has 3 nitrogen and oxygen atoms in total. The summed E-state index contributed by atoms with van der Waals surface area (Å²) >= 11 is 0. The van der Waals surface area contributed by atoms with Crippen LogP contribution < -0.4 is 0 Å². The summed E-state index contributed by atoms with van der Waals surface area (Å²) in [5.41, 5.74) is 1.15. The Morgan fingerprint density at radius 1 is 1.10 bits per heavy atom. The van der Waals surface area contributed by atoms with Crippen molar-refractivity contribution in [3.63, 3.8) is 0 Å². The van der Waals surface area contributed by atoms with Gasteiger partial charge in [0.1, 0.15) is 0 Å². The molecule has 0 unspecified atom stereocenters. The summed E-state index contributed by atoms with van der Waals surface area (Å²) in [7, 11) is 0. The molecule has 0 aliphatic heterocycles. The highest BCUT2D eigenvalue weighted by atomic mass is 16.5. The van der Waals surface area contributed by atoms with E-state index >= 15 is 0 Å². The number of benzene rings is 1. The molecule has 0 bridgehead atoms. The topological polar surface area (TPSA) is 32.7 Å². The summed E-state index contributed by atoms with van der Waals surface area (Å²) in [5.74, 6) is 0. The van der Waals surface area contributed by atoms with Gasteiger partial charge < -0.3 is 9.84 Å². The van der Waals surface area contributed by atoms with Gasteiger partial charge in [0, 0.05) is 6.04 Å². The quantitative estimate of drug-likeness (QED) is 0.798. The van der Waals surface area contributed by atoms with Gasteiger partial charge in [-0.1, -0.05) is 65.0 Å². The zero-order chi connectivity index (χ0) is 15.9. The number of nitrogens with zero attached hydrogens (tertiary/aromatic N) is 1. The number of likely N-dealkylation sites (N-methyl/N-ethyl adjacent to an activating group) is 1. The molecule has 0 heterocycles. The van der Waals surface area contributed by atoms with Crippen molar-refractivity contribution in [1.29, 1.82) is 0 Å². The van der Waals surface area contributed by atoms with Gasteiger partial charge in [0.15, 0.2) is 0 Å². The normalized spacial score (nSPS) is 15.2. The zero-order valence-electron chi connectivity index (χ0n) is 14.2. The summed E-state index contributed by atoms with van der Waals surface area (Å²) in [6, 6.07) is 10.2. The van der Waals surface area contributed by atoms with Gasteiger partial charge in [-0.3, -0.25) is 4.90 Å². The summed E-state index contributed by atoms with van der Waals surface area (Å²) in [4.78, 5) is 2.32. The Kier molecular flexibility index (Phi) is 7.36. The molecule has 21 heavy (non-hydrogen) atoms. The van der Waals surface area contributed by atoms with E-state index in [1.54, 1.807) is 0 Å². The average molecular weight is 293 g/mol. The van der Waals surface area contributed by atoms with Crippen molar-refractivity contribution in [2.75, 3.05) is 19.7 Å². The number of ether oxygens (including phenoxy) is 1. The van der Waals surface area contributed by atoms with E-state index in [0.29, 0.717) is 13.2 Å². The largest absolute Gasteiger partial charge is 0.389 e. The molecule has 1 N–H and O–H groups in total. The van der Waals surface area contributed by atoms with E-state index in [4.69, 9.17) is 4.74 Å². The maximum atomic E-state index is 10.6. The number of hydrogen-bond acceptors (Lipinski definition) is 3. The fraction of sp³-hybridized carbons (Fsp3) is 0.667. The van der Waals surface area contributed by atoms with Crippen LogP contribution in [0.2, 0.25) is 0 Å².